The van der Waals surface area contributed by atoms with Crippen molar-refractivity contribution >= 4 is 5.91 Å². The summed E-state index contributed by atoms with van der Waals surface area (Å²) in [7, 11) is 0. The molecule has 4 nitrogen and oxygen atoms in total. The lowest BCUT2D eigenvalue weighted by molar-refractivity contribution is -0.136. The molecule has 0 radical (unpaired) electrons. The smallest absolute Gasteiger partial charge is 0.239 e. The van der Waals surface area contributed by atoms with Crippen molar-refractivity contribution in [1.82, 2.24) is 10.2 Å². The average Bonchev–Trinajstić information content (AvgIpc) is 2.35. The van der Waals surface area contributed by atoms with Gasteiger partial charge in [-0.2, -0.15) is 0 Å². The Kier molecular flexibility index (Phi) is 6.89. The van der Waals surface area contributed by atoms with Crippen molar-refractivity contribution in [3.05, 3.63) is 12.7 Å². The Bertz CT molecular complexity index is 244. The highest BCUT2D eigenvalue weighted by Gasteiger charge is 2.27. The molecule has 0 aromatic rings. The number of ether oxygens (including phenoxy) is 1. The van der Waals surface area contributed by atoms with Gasteiger partial charge in [-0.3, -0.25) is 4.79 Å². The van der Waals surface area contributed by atoms with Gasteiger partial charge in [-0.1, -0.05) is 13.0 Å². The number of hydrogen-bond acceptors (Lipinski definition) is 3. The number of amides is 1. The first-order chi connectivity index (χ1) is 8.29. The molecule has 1 amide bonds. The fourth-order valence-corrected chi connectivity index (χ4v) is 2.01. The Morgan fingerprint density at radius 3 is 3.18 bits per heavy atom. The van der Waals surface area contributed by atoms with Crippen LogP contribution in [0, 0.1) is 0 Å². The third-order valence-electron chi connectivity index (χ3n) is 2.91. The van der Waals surface area contributed by atoms with E-state index in [9.17, 15) is 4.79 Å². The molecular formula is C13H24N2O2. The maximum Gasteiger partial charge on any atom is 0.239 e. The largest absolute Gasteiger partial charge is 0.376 e. The van der Waals surface area contributed by atoms with E-state index in [1.165, 1.54) is 0 Å². The summed E-state index contributed by atoms with van der Waals surface area (Å²) in [6.45, 7) is 9.32. The Hall–Kier alpha value is -0.870. The summed E-state index contributed by atoms with van der Waals surface area (Å²) >= 11 is 0. The lowest BCUT2D eigenvalue weighted by Crippen LogP contribution is -2.51. The van der Waals surface area contributed by atoms with Gasteiger partial charge in [-0.25, -0.2) is 0 Å². The molecule has 0 saturated carbocycles. The van der Waals surface area contributed by atoms with Gasteiger partial charge in [0.1, 0.15) is 0 Å². The lowest BCUT2D eigenvalue weighted by atomic mass is 10.0. The Morgan fingerprint density at radius 2 is 2.47 bits per heavy atom. The van der Waals surface area contributed by atoms with Crippen LogP contribution < -0.4 is 5.32 Å². The van der Waals surface area contributed by atoms with Crippen LogP contribution >= 0.6 is 0 Å². The molecule has 1 saturated heterocycles. The highest BCUT2D eigenvalue weighted by Crippen LogP contribution is 2.11. The van der Waals surface area contributed by atoms with Crippen LogP contribution in [0.15, 0.2) is 12.7 Å². The quantitative estimate of drug-likeness (QED) is 0.512. The Morgan fingerprint density at radius 1 is 1.65 bits per heavy atom. The first-order valence-electron chi connectivity index (χ1n) is 6.50. The fraction of sp³-hybridized carbons (Fsp3) is 0.769. The first-order valence-corrected chi connectivity index (χ1v) is 6.50. The fourth-order valence-electron chi connectivity index (χ4n) is 2.01. The zero-order chi connectivity index (χ0) is 12.5. The van der Waals surface area contributed by atoms with Crippen molar-refractivity contribution in [3.63, 3.8) is 0 Å². The van der Waals surface area contributed by atoms with Gasteiger partial charge < -0.3 is 15.0 Å². The van der Waals surface area contributed by atoms with Crippen LogP contribution in [-0.2, 0) is 9.53 Å². The summed E-state index contributed by atoms with van der Waals surface area (Å²) in [6, 6.07) is 0.0168. The molecule has 0 spiro atoms. The topological polar surface area (TPSA) is 41.6 Å². The molecule has 1 fully saturated rings. The molecule has 17 heavy (non-hydrogen) atoms. The minimum Gasteiger partial charge on any atom is -0.376 e. The normalized spacial score (nSPS) is 20.6. The molecule has 1 aliphatic rings. The van der Waals surface area contributed by atoms with E-state index in [2.05, 4.69) is 18.8 Å². The molecule has 4 heteroatoms. The van der Waals surface area contributed by atoms with Crippen LogP contribution in [-0.4, -0.2) is 49.7 Å². The van der Waals surface area contributed by atoms with Crippen molar-refractivity contribution in [2.24, 2.45) is 0 Å². The number of nitrogens with zero attached hydrogens (tertiary/aromatic N) is 1. The van der Waals surface area contributed by atoms with E-state index in [0.29, 0.717) is 19.8 Å². The Labute approximate surface area is 104 Å². The summed E-state index contributed by atoms with van der Waals surface area (Å²) in [5.41, 5.74) is 0. The van der Waals surface area contributed by atoms with Gasteiger partial charge in [0, 0.05) is 13.1 Å². The van der Waals surface area contributed by atoms with E-state index in [1.54, 1.807) is 6.08 Å². The minimum absolute atomic E-state index is 0.0168. The number of carbonyl (C=O) groups is 1. The van der Waals surface area contributed by atoms with Crippen molar-refractivity contribution in [2.75, 3.05) is 32.8 Å². The SMILES string of the molecule is C=CCOCCN1CCCC(NCCC)C1=O. The van der Waals surface area contributed by atoms with E-state index in [-0.39, 0.29) is 11.9 Å². The van der Waals surface area contributed by atoms with Crippen molar-refractivity contribution in [2.45, 2.75) is 32.2 Å². The number of hydrogen-bond donors (Lipinski definition) is 1. The predicted octanol–water partition coefficient (Wildman–Crippen LogP) is 1.18. The summed E-state index contributed by atoms with van der Waals surface area (Å²) in [6.07, 6.45) is 4.83. The van der Waals surface area contributed by atoms with E-state index < -0.39 is 0 Å². The third kappa shape index (κ3) is 4.88. The monoisotopic (exact) mass is 240 g/mol. The maximum absolute atomic E-state index is 12.1. The molecule has 0 bridgehead atoms. The van der Waals surface area contributed by atoms with Gasteiger partial charge >= 0.3 is 0 Å². The molecule has 1 heterocycles. The van der Waals surface area contributed by atoms with Crippen LogP contribution in [0.5, 0.6) is 0 Å². The van der Waals surface area contributed by atoms with Crippen LogP contribution in [0.3, 0.4) is 0 Å². The average molecular weight is 240 g/mol. The highest BCUT2D eigenvalue weighted by atomic mass is 16.5. The van der Waals surface area contributed by atoms with E-state index in [0.717, 1.165) is 32.4 Å². The highest BCUT2D eigenvalue weighted by molar-refractivity contribution is 5.82. The van der Waals surface area contributed by atoms with E-state index in [4.69, 9.17) is 4.74 Å². The Balaban J connectivity index is 2.28. The zero-order valence-electron chi connectivity index (χ0n) is 10.8. The van der Waals surface area contributed by atoms with Gasteiger partial charge in [-0.15, -0.1) is 6.58 Å². The van der Waals surface area contributed by atoms with E-state index >= 15 is 0 Å². The number of piperidine rings is 1. The predicted molar refractivity (Wildman–Crippen MR) is 68.9 cm³/mol. The summed E-state index contributed by atoms with van der Waals surface area (Å²) < 4.78 is 5.32. The van der Waals surface area contributed by atoms with Gasteiger partial charge in [0.2, 0.25) is 5.91 Å². The van der Waals surface area contributed by atoms with Crippen molar-refractivity contribution < 1.29 is 9.53 Å². The maximum atomic E-state index is 12.1. The van der Waals surface area contributed by atoms with Crippen LogP contribution in [0.1, 0.15) is 26.2 Å². The molecule has 1 unspecified atom stereocenters. The first kappa shape index (κ1) is 14.2. The van der Waals surface area contributed by atoms with Gasteiger partial charge in [0.05, 0.1) is 19.3 Å². The molecule has 98 valence electrons. The zero-order valence-corrected chi connectivity index (χ0v) is 10.8. The number of nitrogens with one attached hydrogen (secondary N) is 1. The van der Waals surface area contributed by atoms with Gasteiger partial charge in [0.15, 0.2) is 0 Å². The summed E-state index contributed by atoms with van der Waals surface area (Å²) in [5.74, 6) is 0.229. The van der Waals surface area contributed by atoms with Crippen LogP contribution in [0.2, 0.25) is 0 Å². The van der Waals surface area contributed by atoms with Gasteiger partial charge in [0.25, 0.3) is 0 Å². The van der Waals surface area contributed by atoms with Crippen LogP contribution in [0.25, 0.3) is 0 Å². The molecule has 0 aromatic heterocycles. The third-order valence-corrected chi connectivity index (χ3v) is 2.91. The van der Waals surface area contributed by atoms with Crippen LogP contribution in [0.4, 0.5) is 0 Å². The molecule has 1 aliphatic heterocycles. The minimum atomic E-state index is 0.0168. The van der Waals surface area contributed by atoms with E-state index in [1.807, 2.05) is 4.90 Å². The molecule has 1 N–H and O–H groups in total. The number of likely N-dealkylation sites (tertiary alicyclic amines) is 1. The summed E-state index contributed by atoms with van der Waals surface area (Å²) in [5, 5.41) is 3.30. The molecule has 1 rings (SSSR count). The van der Waals surface area contributed by atoms with Crippen molar-refractivity contribution in [3.8, 4) is 0 Å². The molecule has 0 aromatic carbocycles. The molecule has 0 aliphatic carbocycles. The number of carbonyl (C=O) groups excluding carboxylic acids is 1. The second-order valence-corrected chi connectivity index (χ2v) is 4.34. The second kappa shape index (κ2) is 8.25. The standard InChI is InChI=1S/C13H24N2O2/c1-3-7-14-12-6-5-8-15(13(12)16)9-11-17-10-4-2/h4,12,14H,2-3,5-11H2,1H3. The molecular weight excluding hydrogens is 216 g/mol. The second-order valence-electron chi connectivity index (χ2n) is 4.34. The lowest BCUT2D eigenvalue weighted by Gasteiger charge is -2.32. The van der Waals surface area contributed by atoms with Crippen molar-refractivity contribution in [1.29, 1.82) is 0 Å². The molecule has 1 atom stereocenters. The van der Waals surface area contributed by atoms with Gasteiger partial charge in [-0.05, 0) is 25.8 Å². The number of rotatable bonds is 8. The summed E-state index contributed by atoms with van der Waals surface area (Å²) in [4.78, 5) is 14.0.